The molecule has 0 saturated heterocycles. The third-order valence-corrected chi connectivity index (χ3v) is 10.0. The minimum atomic E-state index is 0.294. The largest absolute Gasteiger partial charge is 0.508 e. The van der Waals surface area contributed by atoms with Crippen LogP contribution in [0.15, 0.2) is 121 Å². The van der Waals surface area contributed by atoms with Gasteiger partial charge in [0.15, 0.2) is 0 Å². The summed E-state index contributed by atoms with van der Waals surface area (Å²) in [4.78, 5) is 0. The molecule has 5 unspecified atom stereocenters. The van der Waals surface area contributed by atoms with Gasteiger partial charge in [-0.1, -0.05) is 112 Å². The molecule has 6 rings (SSSR count). The highest BCUT2D eigenvalue weighted by molar-refractivity contribution is 5.50. The van der Waals surface area contributed by atoms with E-state index in [0.29, 0.717) is 52.6 Å². The second kappa shape index (κ2) is 18.2. The lowest BCUT2D eigenvalue weighted by molar-refractivity contribution is 0.441. The Labute approximate surface area is 299 Å². The van der Waals surface area contributed by atoms with Crippen LogP contribution in [0.25, 0.3) is 6.08 Å². The predicted octanol–water partition coefficient (Wildman–Crippen LogP) is 11.9. The molecule has 0 saturated carbocycles. The van der Waals surface area contributed by atoms with Crippen LogP contribution in [0.4, 0.5) is 0 Å². The fourth-order valence-electron chi connectivity index (χ4n) is 7.43. The van der Waals surface area contributed by atoms with Crippen LogP contribution in [-0.4, -0.2) is 20.4 Å². The van der Waals surface area contributed by atoms with Gasteiger partial charge >= 0.3 is 0 Å². The highest BCUT2D eigenvalue weighted by atomic mass is 16.3. The number of benzene rings is 5. The van der Waals surface area contributed by atoms with Crippen LogP contribution in [0.5, 0.6) is 23.0 Å². The number of phenols is 4. The summed E-state index contributed by atoms with van der Waals surface area (Å²) >= 11 is 0. The van der Waals surface area contributed by atoms with Crippen molar-refractivity contribution in [1.29, 1.82) is 0 Å². The number of hydrogen-bond donors (Lipinski definition) is 4. The van der Waals surface area contributed by atoms with Crippen LogP contribution in [0.1, 0.15) is 104 Å². The van der Waals surface area contributed by atoms with Crippen molar-refractivity contribution in [3.05, 3.63) is 160 Å². The van der Waals surface area contributed by atoms with Gasteiger partial charge in [0.05, 0.1) is 0 Å². The molecule has 4 N–H and O–H groups in total. The van der Waals surface area contributed by atoms with Gasteiger partial charge in [-0.05, 0) is 139 Å². The van der Waals surface area contributed by atoms with Crippen LogP contribution in [0.3, 0.4) is 0 Å². The minimum Gasteiger partial charge on any atom is -0.508 e. The fraction of sp³-hybridized carbons (Fsp3) is 0.304. The molecule has 1 aliphatic rings. The zero-order chi connectivity index (χ0) is 36.2. The molecule has 0 aliphatic heterocycles. The molecule has 0 radical (unpaired) electrons. The zero-order valence-corrected chi connectivity index (χ0v) is 30.4. The maximum atomic E-state index is 9.81. The Bertz CT molecular complexity index is 1770. The van der Waals surface area contributed by atoms with Crippen molar-refractivity contribution >= 4 is 6.08 Å². The lowest BCUT2D eigenvalue weighted by atomic mass is 9.82. The summed E-state index contributed by atoms with van der Waals surface area (Å²) in [6.45, 7) is 13.1. The smallest absolute Gasteiger partial charge is 0.115 e. The summed E-state index contributed by atoms with van der Waals surface area (Å²) in [5.41, 5.74) is 8.90. The molecule has 0 fully saturated rings. The van der Waals surface area contributed by atoms with Gasteiger partial charge in [0.2, 0.25) is 0 Å². The molecular formula is C46H54O4. The van der Waals surface area contributed by atoms with E-state index in [0.717, 1.165) is 19.3 Å². The van der Waals surface area contributed by atoms with Gasteiger partial charge in [-0.2, -0.15) is 0 Å². The zero-order valence-electron chi connectivity index (χ0n) is 30.4. The third kappa shape index (κ3) is 10.0. The summed E-state index contributed by atoms with van der Waals surface area (Å²) in [6.07, 6.45) is 7.31. The first kappa shape index (κ1) is 37.9. The fourth-order valence-corrected chi connectivity index (χ4v) is 7.43. The summed E-state index contributed by atoms with van der Waals surface area (Å²) in [5.74, 6) is 3.56. The summed E-state index contributed by atoms with van der Waals surface area (Å²) < 4.78 is 0. The molecule has 5 aromatic rings. The van der Waals surface area contributed by atoms with Gasteiger partial charge in [-0.15, -0.1) is 0 Å². The molecule has 4 heteroatoms. The van der Waals surface area contributed by atoms with E-state index in [1.807, 2.05) is 55.5 Å². The molecule has 50 heavy (non-hydrogen) atoms. The number of phenolic OH excluding ortho intramolecular Hbond substituents is 4. The van der Waals surface area contributed by atoms with Crippen molar-refractivity contribution in [3.63, 3.8) is 0 Å². The van der Waals surface area contributed by atoms with Gasteiger partial charge in [-0.3, -0.25) is 0 Å². The summed E-state index contributed by atoms with van der Waals surface area (Å²) in [7, 11) is 0. The van der Waals surface area contributed by atoms with Crippen LogP contribution in [0, 0.1) is 18.8 Å². The number of fused-ring (bicyclic) bond motifs is 1. The number of aryl methyl sites for hydroxylation is 1. The van der Waals surface area contributed by atoms with E-state index in [9.17, 15) is 20.4 Å². The van der Waals surface area contributed by atoms with Crippen LogP contribution in [-0.2, 0) is 6.42 Å². The Kier molecular flexibility index (Phi) is 13.7. The standard InChI is InChI=1S/C18H20O2.C18H22O2.C10H12/c1-3-15-11(2)18(12-4-6-13(19)7-5-12)17-10-14(20)8-9-16(15)17;1-3-18(15-6-10-17(20)11-7-15)13(2)12-14-4-8-16(19)9-5-14;1-3-4-10-7-5-9(2)6-8-10/h4-11,15,18-20H,3H2,1-2H3;4-11,13,18-20H,3,12H2,1-2H3;3-8H,1-2H3/b;;4-3+. The average Bonchev–Trinajstić information content (AvgIpc) is 3.39. The van der Waals surface area contributed by atoms with Crippen molar-refractivity contribution in [2.75, 3.05) is 0 Å². The molecule has 0 spiro atoms. The van der Waals surface area contributed by atoms with Crippen molar-refractivity contribution in [2.24, 2.45) is 11.8 Å². The molecule has 0 bridgehead atoms. The van der Waals surface area contributed by atoms with Gasteiger partial charge in [-0.25, -0.2) is 0 Å². The number of aromatic hydroxyl groups is 4. The van der Waals surface area contributed by atoms with E-state index >= 15 is 0 Å². The Hall–Kier alpha value is -4.96. The first-order valence-electron chi connectivity index (χ1n) is 17.9. The van der Waals surface area contributed by atoms with Gasteiger partial charge < -0.3 is 20.4 Å². The van der Waals surface area contributed by atoms with Crippen molar-refractivity contribution in [1.82, 2.24) is 0 Å². The van der Waals surface area contributed by atoms with Crippen molar-refractivity contribution < 1.29 is 20.4 Å². The van der Waals surface area contributed by atoms with E-state index in [-0.39, 0.29) is 0 Å². The normalized spacial score (nSPS) is 17.5. The van der Waals surface area contributed by atoms with E-state index < -0.39 is 0 Å². The average molecular weight is 671 g/mol. The Morgan fingerprint density at radius 2 is 1.20 bits per heavy atom. The minimum absolute atomic E-state index is 0.294. The molecule has 0 amide bonds. The predicted molar refractivity (Wildman–Crippen MR) is 208 cm³/mol. The van der Waals surface area contributed by atoms with Gasteiger partial charge in [0.1, 0.15) is 23.0 Å². The molecular weight excluding hydrogens is 617 g/mol. The Morgan fingerprint density at radius 3 is 1.74 bits per heavy atom. The number of allylic oxidation sites excluding steroid dienone is 1. The molecule has 262 valence electrons. The molecule has 5 aromatic carbocycles. The number of hydrogen-bond acceptors (Lipinski definition) is 4. The maximum Gasteiger partial charge on any atom is 0.115 e. The topological polar surface area (TPSA) is 80.9 Å². The van der Waals surface area contributed by atoms with E-state index in [4.69, 9.17) is 0 Å². The molecule has 0 heterocycles. The quantitative estimate of drug-likeness (QED) is 0.132. The summed E-state index contributed by atoms with van der Waals surface area (Å²) in [5, 5.41) is 38.0. The van der Waals surface area contributed by atoms with Crippen molar-refractivity contribution in [2.45, 2.75) is 78.6 Å². The first-order valence-corrected chi connectivity index (χ1v) is 17.9. The summed E-state index contributed by atoms with van der Waals surface area (Å²) in [6, 6.07) is 36.7. The third-order valence-electron chi connectivity index (χ3n) is 10.0. The lowest BCUT2D eigenvalue weighted by Gasteiger charge is -2.23. The second-order valence-electron chi connectivity index (χ2n) is 13.6. The van der Waals surface area contributed by atoms with E-state index in [2.05, 4.69) is 71.0 Å². The second-order valence-corrected chi connectivity index (χ2v) is 13.6. The Morgan fingerprint density at radius 1 is 0.660 bits per heavy atom. The highest BCUT2D eigenvalue weighted by Crippen LogP contribution is 2.51. The van der Waals surface area contributed by atoms with E-state index in [1.54, 1.807) is 42.5 Å². The molecule has 5 atom stereocenters. The maximum absolute atomic E-state index is 9.81. The molecule has 4 nitrogen and oxygen atoms in total. The van der Waals surface area contributed by atoms with E-state index in [1.165, 1.54) is 38.9 Å². The van der Waals surface area contributed by atoms with Crippen LogP contribution < -0.4 is 0 Å². The lowest BCUT2D eigenvalue weighted by Crippen LogP contribution is -2.11. The monoisotopic (exact) mass is 670 g/mol. The van der Waals surface area contributed by atoms with Crippen LogP contribution in [0.2, 0.25) is 0 Å². The highest BCUT2D eigenvalue weighted by Gasteiger charge is 2.37. The molecule has 0 aromatic heterocycles. The number of rotatable bonds is 8. The van der Waals surface area contributed by atoms with Gasteiger partial charge in [0, 0.05) is 5.92 Å². The van der Waals surface area contributed by atoms with Crippen LogP contribution >= 0.6 is 0 Å². The Balaban J connectivity index is 0.000000178. The first-order chi connectivity index (χ1) is 24.0. The van der Waals surface area contributed by atoms with Gasteiger partial charge in [0.25, 0.3) is 0 Å². The molecule has 1 aliphatic carbocycles. The SMILES string of the molecule is C/C=C/c1ccc(C)cc1.CCC(c1ccc(O)cc1)C(C)Cc1ccc(O)cc1.CCC1c2ccc(O)cc2C(c2ccc(O)cc2)C1C. The van der Waals surface area contributed by atoms with Crippen molar-refractivity contribution in [3.8, 4) is 23.0 Å².